The van der Waals surface area contributed by atoms with Gasteiger partial charge in [-0.05, 0) is 29.1 Å². The molecule has 0 atom stereocenters. The molecule has 24 heavy (non-hydrogen) atoms. The molecule has 0 amide bonds. The monoisotopic (exact) mass is 331 g/mol. The molecule has 0 saturated carbocycles. The first-order valence-corrected chi connectivity index (χ1v) is 7.51. The predicted molar refractivity (Wildman–Crippen MR) is 84.3 cm³/mol. The molecule has 1 nitrogen and oxygen atoms in total. The summed E-state index contributed by atoms with van der Waals surface area (Å²) in [5, 5.41) is 0.559. The SMILES string of the molecule is CC1(C)c2c(F)cccc2-c2nccc3c(C(F)(F)F)ccc1c23. The van der Waals surface area contributed by atoms with Crippen LogP contribution in [-0.2, 0) is 11.6 Å². The van der Waals surface area contributed by atoms with Crippen LogP contribution in [0.2, 0.25) is 0 Å². The lowest BCUT2D eigenvalue weighted by Crippen LogP contribution is -2.26. The largest absolute Gasteiger partial charge is 0.417 e. The normalized spacial score (nSPS) is 15.4. The average Bonchev–Trinajstić information content (AvgIpc) is 2.50. The molecule has 0 saturated heterocycles. The van der Waals surface area contributed by atoms with Crippen molar-refractivity contribution >= 4 is 10.8 Å². The van der Waals surface area contributed by atoms with E-state index in [-0.39, 0.29) is 11.2 Å². The highest BCUT2D eigenvalue weighted by Gasteiger charge is 2.39. The van der Waals surface area contributed by atoms with E-state index >= 15 is 0 Å². The van der Waals surface area contributed by atoms with Crippen LogP contribution in [0.5, 0.6) is 0 Å². The van der Waals surface area contributed by atoms with Gasteiger partial charge in [0.25, 0.3) is 0 Å². The van der Waals surface area contributed by atoms with Gasteiger partial charge in [-0.15, -0.1) is 0 Å². The zero-order valence-corrected chi connectivity index (χ0v) is 13.0. The van der Waals surface area contributed by atoms with E-state index in [0.29, 0.717) is 27.8 Å². The first kappa shape index (κ1) is 15.1. The zero-order valence-electron chi connectivity index (χ0n) is 13.0. The van der Waals surface area contributed by atoms with E-state index in [1.54, 1.807) is 12.1 Å². The molecule has 122 valence electrons. The van der Waals surface area contributed by atoms with E-state index in [0.717, 1.165) is 6.07 Å². The maximum atomic E-state index is 14.5. The van der Waals surface area contributed by atoms with Crippen LogP contribution >= 0.6 is 0 Å². The number of hydrogen-bond donors (Lipinski definition) is 0. The lowest BCUT2D eigenvalue weighted by molar-refractivity contribution is -0.136. The van der Waals surface area contributed by atoms with E-state index < -0.39 is 17.2 Å². The maximum absolute atomic E-state index is 14.5. The summed E-state index contributed by atoms with van der Waals surface area (Å²) >= 11 is 0. The second-order valence-electron chi connectivity index (χ2n) is 6.53. The van der Waals surface area contributed by atoms with Crippen LogP contribution in [0, 0.1) is 5.82 Å². The van der Waals surface area contributed by atoms with Gasteiger partial charge in [0.05, 0.1) is 11.3 Å². The molecule has 0 aliphatic heterocycles. The van der Waals surface area contributed by atoms with Gasteiger partial charge in [-0.25, -0.2) is 4.39 Å². The third-order valence-electron chi connectivity index (χ3n) is 4.80. The fourth-order valence-corrected chi connectivity index (χ4v) is 3.76. The Morgan fingerprint density at radius 1 is 1.00 bits per heavy atom. The minimum atomic E-state index is -4.45. The minimum absolute atomic E-state index is 0.105. The maximum Gasteiger partial charge on any atom is 0.417 e. The number of aromatic nitrogens is 1. The molecule has 1 aliphatic rings. The molecule has 0 spiro atoms. The zero-order chi connectivity index (χ0) is 17.3. The van der Waals surface area contributed by atoms with Gasteiger partial charge in [-0.2, -0.15) is 13.2 Å². The molecular formula is C19H13F4N. The van der Waals surface area contributed by atoms with Crippen molar-refractivity contribution in [1.29, 1.82) is 0 Å². The smallest absolute Gasteiger partial charge is 0.256 e. The Hall–Kier alpha value is -2.43. The Kier molecular flexibility index (Phi) is 2.87. The topological polar surface area (TPSA) is 12.9 Å². The van der Waals surface area contributed by atoms with Crippen molar-refractivity contribution < 1.29 is 17.6 Å². The second-order valence-corrected chi connectivity index (χ2v) is 6.53. The molecule has 0 radical (unpaired) electrons. The van der Waals surface area contributed by atoms with Crippen molar-refractivity contribution in [2.45, 2.75) is 25.4 Å². The number of nitrogens with zero attached hydrogens (tertiary/aromatic N) is 1. The fraction of sp³-hybridized carbons (Fsp3) is 0.211. The standard InChI is InChI=1S/C19H13F4N/c1-18(2)13-7-6-12(19(21,22)23)10-8-9-24-17(15(10)13)11-4-3-5-14(20)16(11)18/h3-9H,1-2H3. The summed E-state index contributed by atoms with van der Waals surface area (Å²) in [6.45, 7) is 3.65. The van der Waals surface area contributed by atoms with Crippen LogP contribution in [0.4, 0.5) is 17.6 Å². The van der Waals surface area contributed by atoms with Crippen LogP contribution in [0.1, 0.15) is 30.5 Å². The van der Waals surface area contributed by atoms with Gasteiger partial charge >= 0.3 is 6.18 Å². The molecule has 0 N–H and O–H groups in total. The third kappa shape index (κ3) is 1.84. The number of alkyl halides is 3. The molecule has 5 heteroatoms. The van der Waals surface area contributed by atoms with Crippen LogP contribution < -0.4 is 0 Å². The van der Waals surface area contributed by atoms with Gasteiger partial charge in [0.1, 0.15) is 5.82 Å². The first-order chi connectivity index (χ1) is 11.2. The molecule has 2 aromatic carbocycles. The first-order valence-electron chi connectivity index (χ1n) is 7.51. The Morgan fingerprint density at radius 2 is 1.75 bits per heavy atom. The Morgan fingerprint density at radius 3 is 2.46 bits per heavy atom. The number of halogens is 4. The number of pyridine rings is 1. The predicted octanol–water partition coefficient (Wildman–Crippen LogP) is 5.70. The molecule has 1 aromatic heterocycles. The van der Waals surface area contributed by atoms with E-state index in [1.165, 1.54) is 24.4 Å². The third-order valence-corrected chi connectivity index (χ3v) is 4.80. The minimum Gasteiger partial charge on any atom is -0.256 e. The van der Waals surface area contributed by atoms with Crippen molar-refractivity contribution in [2.24, 2.45) is 0 Å². The summed E-state index contributed by atoms with van der Waals surface area (Å²) < 4.78 is 54.6. The highest BCUT2D eigenvalue weighted by Crippen LogP contribution is 2.50. The average molecular weight is 331 g/mol. The quantitative estimate of drug-likeness (QED) is 0.482. The summed E-state index contributed by atoms with van der Waals surface area (Å²) in [4.78, 5) is 4.27. The summed E-state index contributed by atoms with van der Waals surface area (Å²) in [5.41, 5.74) is 0.642. The van der Waals surface area contributed by atoms with Crippen molar-refractivity contribution in [1.82, 2.24) is 4.98 Å². The van der Waals surface area contributed by atoms with Crippen LogP contribution in [-0.4, -0.2) is 4.98 Å². The number of hydrogen-bond acceptors (Lipinski definition) is 1. The fourth-order valence-electron chi connectivity index (χ4n) is 3.76. The van der Waals surface area contributed by atoms with Crippen molar-refractivity contribution in [3.63, 3.8) is 0 Å². The highest BCUT2D eigenvalue weighted by molar-refractivity contribution is 6.03. The molecule has 0 fully saturated rings. The molecule has 0 bridgehead atoms. The van der Waals surface area contributed by atoms with E-state index in [2.05, 4.69) is 4.98 Å². The van der Waals surface area contributed by atoms with E-state index in [9.17, 15) is 17.6 Å². The number of rotatable bonds is 0. The molecule has 0 unspecified atom stereocenters. The van der Waals surface area contributed by atoms with Crippen molar-refractivity contribution in [3.05, 3.63) is 65.1 Å². The second kappa shape index (κ2) is 4.56. The highest BCUT2D eigenvalue weighted by atomic mass is 19.4. The molecular weight excluding hydrogens is 318 g/mol. The lowest BCUT2D eigenvalue weighted by Gasteiger charge is -2.35. The van der Waals surface area contributed by atoms with Gasteiger partial charge in [0.2, 0.25) is 0 Å². The lowest BCUT2D eigenvalue weighted by atomic mass is 9.69. The van der Waals surface area contributed by atoms with Crippen LogP contribution in [0.25, 0.3) is 22.0 Å². The number of benzene rings is 2. The molecule has 3 aromatic rings. The summed E-state index contributed by atoms with van der Waals surface area (Å²) in [6.07, 6.45) is -3.10. The van der Waals surface area contributed by atoms with Crippen molar-refractivity contribution in [3.8, 4) is 11.3 Å². The van der Waals surface area contributed by atoms with Crippen LogP contribution in [0.3, 0.4) is 0 Å². The van der Waals surface area contributed by atoms with Crippen molar-refractivity contribution in [2.75, 3.05) is 0 Å². The van der Waals surface area contributed by atoms with Crippen LogP contribution in [0.15, 0.2) is 42.6 Å². The Labute approximate surface area is 136 Å². The van der Waals surface area contributed by atoms with Gasteiger partial charge in [-0.3, -0.25) is 4.98 Å². The molecule has 1 heterocycles. The Balaban J connectivity index is 2.23. The van der Waals surface area contributed by atoms with E-state index in [1.807, 2.05) is 13.8 Å². The van der Waals surface area contributed by atoms with Gasteiger partial charge in [-0.1, -0.05) is 32.0 Å². The van der Waals surface area contributed by atoms with Gasteiger partial charge in [0.15, 0.2) is 0 Å². The van der Waals surface area contributed by atoms with Gasteiger partial charge < -0.3 is 0 Å². The summed E-state index contributed by atoms with van der Waals surface area (Å²) in [5.74, 6) is -0.373. The summed E-state index contributed by atoms with van der Waals surface area (Å²) in [6, 6.07) is 8.55. The van der Waals surface area contributed by atoms with Gasteiger partial charge in [0, 0.05) is 28.1 Å². The summed E-state index contributed by atoms with van der Waals surface area (Å²) in [7, 11) is 0. The number of fused-ring (bicyclic) bond motifs is 2. The molecule has 4 rings (SSSR count). The molecule has 1 aliphatic carbocycles. The Bertz CT molecular complexity index is 987. The van der Waals surface area contributed by atoms with E-state index in [4.69, 9.17) is 0 Å².